The smallest absolute Gasteiger partial charge is 0.342 e. The highest BCUT2D eigenvalue weighted by Gasteiger charge is 2.40. The van der Waals surface area contributed by atoms with E-state index in [4.69, 9.17) is 14.2 Å². The van der Waals surface area contributed by atoms with Gasteiger partial charge in [-0.1, -0.05) is 0 Å². The predicted molar refractivity (Wildman–Crippen MR) is 157 cm³/mol. The van der Waals surface area contributed by atoms with E-state index >= 15 is 13.2 Å². The van der Waals surface area contributed by atoms with E-state index in [1.807, 2.05) is 12.1 Å². The van der Waals surface area contributed by atoms with Crippen LogP contribution >= 0.6 is 0 Å². The van der Waals surface area contributed by atoms with Crippen LogP contribution in [0.15, 0.2) is 12.1 Å². The lowest BCUT2D eigenvalue weighted by molar-refractivity contribution is 0.0468. The van der Waals surface area contributed by atoms with Crippen molar-refractivity contribution in [1.82, 2.24) is 4.58 Å². The molecule has 6 heterocycles. The summed E-state index contributed by atoms with van der Waals surface area (Å²) in [6.07, 6.45) is 6.30. The number of fused-ring (bicyclic) bond motifs is 4. The molecule has 3 aromatic rings. The molecule has 6 aliphatic heterocycles. The van der Waals surface area contributed by atoms with Gasteiger partial charge in [-0.2, -0.15) is 0 Å². The molecule has 0 N–H and O–H groups in total. The first-order valence-electron chi connectivity index (χ1n) is 16.0. The Labute approximate surface area is 256 Å². The molecule has 0 radical (unpaired) electrons. The third kappa shape index (κ3) is 4.03. The number of carbonyl (C=O) groups is 1. The summed E-state index contributed by atoms with van der Waals surface area (Å²) in [5, 5.41) is 1.57. The maximum absolute atomic E-state index is 16.3. The van der Waals surface area contributed by atoms with E-state index in [2.05, 4.69) is 9.48 Å². The summed E-state index contributed by atoms with van der Waals surface area (Å²) in [5.41, 5.74) is 4.17. The summed E-state index contributed by atoms with van der Waals surface area (Å²) in [4.78, 5) is 15.8. The first-order valence-corrected chi connectivity index (χ1v) is 16.0. The molecule has 0 aromatic heterocycles. The number of benzene rings is 3. The van der Waals surface area contributed by atoms with Crippen molar-refractivity contribution < 1.29 is 36.6 Å². The Kier molecular flexibility index (Phi) is 6.11. The molecule has 6 nitrogen and oxygen atoms in total. The van der Waals surface area contributed by atoms with E-state index in [-0.39, 0.29) is 18.3 Å². The molecule has 1 atom stereocenters. The minimum absolute atomic E-state index is 0.139. The molecule has 0 aliphatic carbocycles. The van der Waals surface area contributed by atoms with Gasteiger partial charge in [0.1, 0.15) is 42.9 Å². The van der Waals surface area contributed by atoms with Crippen LogP contribution in [-0.2, 0) is 35.2 Å². The summed E-state index contributed by atoms with van der Waals surface area (Å²) in [5.74, 6) is -7.66. The first-order chi connectivity index (χ1) is 21.9. The van der Waals surface area contributed by atoms with E-state index in [0.29, 0.717) is 28.9 Å². The Hall–Kier alpha value is -3.92. The zero-order valence-corrected chi connectivity index (χ0v) is 24.7. The van der Waals surface area contributed by atoms with Crippen LogP contribution in [0.1, 0.15) is 69.4 Å². The number of anilines is 1. The van der Waals surface area contributed by atoms with Gasteiger partial charge in [0.25, 0.3) is 0 Å². The van der Waals surface area contributed by atoms with E-state index in [0.717, 1.165) is 111 Å². The normalized spacial score (nSPS) is 20.5. The molecule has 0 amide bonds. The number of rotatable bonds is 4. The highest BCUT2D eigenvalue weighted by Crippen LogP contribution is 2.49. The summed E-state index contributed by atoms with van der Waals surface area (Å²) >= 11 is 0. The van der Waals surface area contributed by atoms with Gasteiger partial charge in [-0.05, 0) is 56.2 Å². The fraction of sp³-hybridized carbons (Fsp3) is 0.429. The molecule has 6 aliphatic rings. The maximum atomic E-state index is 16.3. The quantitative estimate of drug-likeness (QED) is 0.0855. The summed E-state index contributed by atoms with van der Waals surface area (Å²) < 4.78 is 81.9. The minimum atomic E-state index is -2.05. The molecule has 10 heteroatoms. The van der Waals surface area contributed by atoms with Gasteiger partial charge in [0.05, 0.1) is 12.2 Å². The molecule has 1 unspecified atom stereocenters. The van der Waals surface area contributed by atoms with Crippen LogP contribution in [0, 0.1) is 23.3 Å². The van der Waals surface area contributed by atoms with Gasteiger partial charge in [-0.25, -0.2) is 26.9 Å². The fourth-order valence-electron chi connectivity index (χ4n) is 8.25. The van der Waals surface area contributed by atoms with Gasteiger partial charge in [0.2, 0.25) is 5.36 Å². The Morgan fingerprint density at radius 2 is 1.58 bits per heavy atom. The van der Waals surface area contributed by atoms with E-state index < -0.39 is 40.4 Å². The zero-order valence-electron chi connectivity index (χ0n) is 24.7. The lowest BCUT2D eigenvalue weighted by Crippen LogP contribution is -2.45. The van der Waals surface area contributed by atoms with Gasteiger partial charge in [-0.15, -0.1) is 0 Å². The molecule has 3 aromatic carbocycles. The number of nitrogens with zero attached hydrogens (tertiary/aromatic N) is 2. The van der Waals surface area contributed by atoms with Crippen LogP contribution in [0.25, 0.3) is 5.57 Å². The molecule has 45 heavy (non-hydrogen) atoms. The first kappa shape index (κ1) is 27.4. The summed E-state index contributed by atoms with van der Waals surface area (Å²) in [6, 6.07) is 3.85. The van der Waals surface area contributed by atoms with Gasteiger partial charge >= 0.3 is 5.97 Å². The molecule has 1 fully saturated rings. The molecule has 9 rings (SSSR count). The summed E-state index contributed by atoms with van der Waals surface area (Å²) in [6.45, 7) is 3.84. The predicted octanol–water partition coefficient (Wildman–Crippen LogP) is 4.23. The molecule has 1 saturated heterocycles. The van der Waals surface area contributed by atoms with Crippen LogP contribution in [0.3, 0.4) is 0 Å². The van der Waals surface area contributed by atoms with Crippen molar-refractivity contribution in [3.63, 3.8) is 0 Å². The average Bonchev–Trinajstić information content (AvgIpc) is 3.89. The molecular weight excluding hydrogens is 588 g/mol. The van der Waals surface area contributed by atoms with Crippen LogP contribution in [-0.4, -0.2) is 51.5 Å². The van der Waals surface area contributed by atoms with Crippen molar-refractivity contribution >= 4 is 17.2 Å². The number of esters is 1. The van der Waals surface area contributed by atoms with Crippen LogP contribution in [0.2, 0.25) is 0 Å². The SMILES string of the molecule is O=C(OCC1CO1)c1c(F)c(F)c(F)c(F)c1C1=c2cc3c4c(c2Oc2c1cc1c5c2CCCN5CCC1)CCC[N+]=4CCC3. The fourth-order valence-corrected chi connectivity index (χ4v) is 8.25. The van der Waals surface area contributed by atoms with E-state index in [1.54, 1.807) is 0 Å². The number of hydrogen-bond acceptors (Lipinski definition) is 5. The van der Waals surface area contributed by atoms with Gasteiger partial charge in [0, 0.05) is 64.7 Å². The number of hydrogen-bond donors (Lipinski definition) is 0. The van der Waals surface area contributed by atoms with Crippen molar-refractivity contribution in [3.05, 3.63) is 84.9 Å². The van der Waals surface area contributed by atoms with Crippen molar-refractivity contribution in [2.45, 2.75) is 57.5 Å². The number of ether oxygens (including phenoxy) is 3. The second-order valence-electron chi connectivity index (χ2n) is 12.9. The Morgan fingerprint density at radius 3 is 2.38 bits per heavy atom. The molecule has 0 saturated carbocycles. The highest BCUT2D eigenvalue weighted by molar-refractivity contribution is 6.00. The van der Waals surface area contributed by atoms with Crippen molar-refractivity contribution in [2.75, 3.05) is 44.3 Å². The average molecular weight is 620 g/mol. The molecule has 232 valence electrons. The molecule has 0 spiro atoms. The second kappa shape index (κ2) is 10.0. The third-order valence-corrected chi connectivity index (χ3v) is 10.2. The molecular formula is C35H31F4N2O4+. The summed E-state index contributed by atoms with van der Waals surface area (Å²) in [7, 11) is 0. The Morgan fingerprint density at radius 1 is 0.867 bits per heavy atom. The lowest BCUT2D eigenvalue weighted by atomic mass is 9.81. The highest BCUT2D eigenvalue weighted by atomic mass is 19.2. The monoisotopic (exact) mass is 619 g/mol. The van der Waals surface area contributed by atoms with Crippen molar-refractivity contribution in [2.24, 2.45) is 0 Å². The largest absolute Gasteiger partial charge is 0.459 e. The van der Waals surface area contributed by atoms with E-state index in [1.165, 1.54) is 0 Å². The van der Waals surface area contributed by atoms with Crippen LogP contribution in [0.5, 0.6) is 11.5 Å². The third-order valence-electron chi connectivity index (χ3n) is 10.2. The second-order valence-corrected chi connectivity index (χ2v) is 12.9. The van der Waals surface area contributed by atoms with E-state index in [9.17, 15) is 9.18 Å². The lowest BCUT2D eigenvalue weighted by Gasteiger charge is -2.39. The standard InChI is InChI=1S/C35H31F4N2O4/c36-27-25(26(28(37)30(39)29(27)38)35(42)44-16-19-15-43-19)24-22-13-17-5-1-9-40-11-3-7-20(31(17)40)33(22)45-34-21-8-4-12-41-10-2-6-18(32(21)41)14-23(24)34/h13-14,19H,1-12,15-16H2/q+1. The minimum Gasteiger partial charge on any atom is -0.459 e. The van der Waals surface area contributed by atoms with Crippen LogP contribution in [0.4, 0.5) is 23.2 Å². The van der Waals surface area contributed by atoms with Gasteiger partial charge < -0.3 is 19.1 Å². The number of halogens is 4. The number of epoxide rings is 1. The van der Waals surface area contributed by atoms with Gasteiger partial charge in [0.15, 0.2) is 23.3 Å². The number of aryl methyl sites for hydroxylation is 2. The van der Waals surface area contributed by atoms with Crippen molar-refractivity contribution in [1.29, 1.82) is 0 Å². The van der Waals surface area contributed by atoms with Gasteiger partial charge in [-0.3, -0.25) is 0 Å². The van der Waals surface area contributed by atoms with Crippen LogP contribution < -0.4 is 24.8 Å². The maximum Gasteiger partial charge on any atom is 0.342 e. The van der Waals surface area contributed by atoms with Crippen molar-refractivity contribution in [3.8, 4) is 11.5 Å². The molecule has 0 bridgehead atoms. The Balaban J connectivity index is 1.42. The topological polar surface area (TPSA) is 54.3 Å². The number of carbonyl (C=O) groups excluding carboxylic acids is 1. The zero-order chi connectivity index (χ0) is 30.6. The Bertz CT molecular complexity index is 1980.